The number of aryl methyl sites for hydroxylation is 1. The van der Waals surface area contributed by atoms with Gasteiger partial charge in [0.05, 0.1) is 13.7 Å². The smallest absolute Gasteiger partial charge is 0.255 e. The van der Waals surface area contributed by atoms with Crippen LogP contribution in [0, 0.1) is 12.3 Å². The maximum absolute atomic E-state index is 13.6. The van der Waals surface area contributed by atoms with E-state index in [0.717, 1.165) is 38.8 Å². The molecule has 0 fully saturated rings. The molecule has 4 aromatic rings. The molecule has 1 aromatic heterocycles. The molecule has 2 amide bonds. The molecule has 3 aromatic carbocycles. The van der Waals surface area contributed by atoms with E-state index < -0.39 is 5.91 Å². The number of hydrogen-bond donors (Lipinski definition) is 1. The predicted molar refractivity (Wildman–Crippen MR) is 155 cm³/mol. The maximum Gasteiger partial charge on any atom is 0.255 e. The maximum atomic E-state index is 13.6. The lowest BCUT2D eigenvalue weighted by Crippen LogP contribution is -2.34. The van der Waals surface area contributed by atoms with Crippen molar-refractivity contribution in [2.45, 2.75) is 40.7 Å². The molecule has 0 unspecified atom stereocenters. The molecule has 1 heterocycles. The number of carbonyl (C=O) groups excluding carboxylic acids is 2. The largest absolute Gasteiger partial charge is 0.496 e. The van der Waals surface area contributed by atoms with Gasteiger partial charge in [0.2, 0.25) is 5.91 Å². The van der Waals surface area contributed by atoms with Crippen molar-refractivity contribution in [1.29, 1.82) is 0 Å². The standard InChI is InChI=1S/C32H35N3O4/c1-21-16-24(10-13-28(21)38-5)23-8-6-22(7-9-23)19-35(30(37)18-32(2,3)4)31-27-12-11-26(39-20-29(33)36)17-25(27)14-15-34-31/h6-17H,18-20H2,1-5H3,(H2,33,36). The zero-order valence-electron chi connectivity index (χ0n) is 23.2. The van der Waals surface area contributed by atoms with Crippen LogP contribution in [-0.4, -0.2) is 30.5 Å². The Bertz CT molecular complexity index is 1490. The Balaban J connectivity index is 1.66. The van der Waals surface area contributed by atoms with Gasteiger partial charge in [0.1, 0.15) is 17.3 Å². The van der Waals surface area contributed by atoms with Gasteiger partial charge in [0.25, 0.3) is 5.91 Å². The average Bonchev–Trinajstić information content (AvgIpc) is 2.89. The van der Waals surface area contributed by atoms with E-state index in [1.165, 1.54) is 0 Å². The third kappa shape index (κ3) is 6.93. The van der Waals surface area contributed by atoms with Crippen LogP contribution in [0.25, 0.3) is 21.9 Å². The molecule has 2 N–H and O–H groups in total. The molecule has 202 valence electrons. The van der Waals surface area contributed by atoms with Crippen LogP contribution in [0.5, 0.6) is 11.5 Å². The zero-order chi connectivity index (χ0) is 28.2. The highest BCUT2D eigenvalue weighted by Gasteiger charge is 2.25. The van der Waals surface area contributed by atoms with Crippen molar-refractivity contribution in [3.63, 3.8) is 0 Å². The summed E-state index contributed by atoms with van der Waals surface area (Å²) in [6.45, 7) is 8.35. The molecule has 0 saturated carbocycles. The highest BCUT2D eigenvalue weighted by atomic mass is 16.5. The fourth-order valence-corrected chi connectivity index (χ4v) is 4.47. The van der Waals surface area contributed by atoms with Gasteiger partial charge in [-0.15, -0.1) is 0 Å². The first-order valence-electron chi connectivity index (χ1n) is 12.9. The van der Waals surface area contributed by atoms with Crippen LogP contribution in [0.3, 0.4) is 0 Å². The van der Waals surface area contributed by atoms with Crippen LogP contribution in [-0.2, 0) is 16.1 Å². The van der Waals surface area contributed by atoms with Crippen LogP contribution in [0.15, 0.2) is 72.9 Å². The van der Waals surface area contributed by atoms with Crippen LogP contribution in [0.2, 0.25) is 0 Å². The zero-order valence-corrected chi connectivity index (χ0v) is 23.2. The molecule has 0 aliphatic rings. The summed E-state index contributed by atoms with van der Waals surface area (Å²) in [5.74, 6) is 1.41. The first kappa shape index (κ1) is 27.6. The summed E-state index contributed by atoms with van der Waals surface area (Å²) in [6, 6.07) is 21.7. The Hall–Kier alpha value is -4.39. The van der Waals surface area contributed by atoms with E-state index in [1.807, 2.05) is 70.2 Å². The fourth-order valence-electron chi connectivity index (χ4n) is 4.47. The molecule has 0 spiro atoms. The van der Waals surface area contributed by atoms with E-state index in [-0.39, 0.29) is 17.9 Å². The van der Waals surface area contributed by atoms with Gasteiger partial charge in [0, 0.05) is 18.0 Å². The number of primary amides is 1. The molecule has 0 aliphatic heterocycles. The minimum Gasteiger partial charge on any atom is -0.496 e. The number of ether oxygens (including phenoxy) is 2. The summed E-state index contributed by atoms with van der Waals surface area (Å²) in [7, 11) is 1.67. The Morgan fingerprint density at radius 2 is 1.67 bits per heavy atom. The first-order chi connectivity index (χ1) is 18.5. The van der Waals surface area contributed by atoms with Crippen molar-refractivity contribution in [2.24, 2.45) is 11.1 Å². The second-order valence-corrected chi connectivity index (χ2v) is 10.9. The monoisotopic (exact) mass is 525 g/mol. The summed E-state index contributed by atoms with van der Waals surface area (Å²) in [4.78, 5) is 31.1. The predicted octanol–water partition coefficient (Wildman–Crippen LogP) is 6.05. The molecule has 0 saturated heterocycles. The number of methoxy groups -OCH3 is 1. The number of nitrogens with zero attached hydrogens (tertiary/aromatic N) is 2. The summed E-state index contributed by atoms with van der Waals surface area (Å²) in [6.07, 6.45) is 2.05. The van der Waals surface area contributed by atoms with Crippen molar-refractivity contribution >= 4 is 28.4 Å². The second-order valence-electron chi connectivity index (χ2n) is 10.9. The highest BCUT2D eigenvalue weighted by molar-refractivity contribution is 6.02. The minimum absolute atomic E-state index is 0.00795. The van der Waals surface area contributed by atoms with Gasteiger partial charge in [-0.05, 0) is 76.4 Å². The summed E-state index contributed by atoms with van der Waals surface area (Å²) >= 11 is 0. The van der Waals surface area contributed by atoms with E-state index >= 15 is 0 Å². The number of anilines is 1. The van der Waals surface area contributed by atoms with Gasteiger partial charge in [-0.3, -0.25) is 14.5 Å². The van der Waals surface area contributed by atoms with Gasteiger partial charge in [-0.2, -0.15) is 0 Å². The molecule has 4 rings (SSSR count). The van der Waals surface area contributed by atoms with Crippen LogP contribution in [0.4, 0.5) is 5.82 Å². The lowest BCUT2D eigenvalue weighted by molar-refractivity contribution is -0.121. The Labute approximate surface area is 229 Å². The van der Waals surface area contributed by atoms with E-state index in [0.29, 0.717) is 24.5 Å². The first-order valence-corrected chi connectivity index (χ1v) is 12.9. The van der Waals surface area contributed by atoms with Crippen molar-refractivity contribution in [1.82, 2.24) is 4.98 Å². The van der Waals surface area contributed by atoms with E-state index in [9.17, 15) is 9.59 Å². The molecular weight excluding hydrogens is 490 g/mol. The second kappa shape index (κ2) is 11.6. The van der Waals surface area contributed by atoms with E-state index in [1.54, 1.807) is 24.3 Å². The SMILES string of the molecule is COc1ccc(-c2ccc(CN(C(=O)CC(C)(C)C)c3nccc4cc(OCC(N)=O)ccc34)cc2)cc1C. The number of hydrogen-bond acceptors (Lipinski definition) is 5. The van der Waals surface area contributed by atoms with Crippen LogP contribution < -0.4 is 20.1 Å². The number of rotatable bonds is 9. The normalized spacial score (nSPS) is 11.3. The van der Waals surface area contributed by atoms with Crippen LogP contribution in [0.1, 0.15) is 38.3 Å². The average molecular weight is 526 g/mol. The molecule has 0 aliphatic carbocycles. The number of amides is 2. The number of aromatic nitrogens is 1. The Morgan fingerprint density at radius 1 is 0.949 bits per heavy atom. The molecule has 7 heteroatoms. The molecule has 7 nitrogen and oxygen atoms in total. The highest BCUT2D eigenvalue weighted by Crippen LogP contribution is 2.32. The number of fused-ring (bicyclic) bond motifs is 1. The lowest BCUT2D eigenvalue weighted by Gasteiger charge is -2.27. The van der Waals surface area contributed by atoms with Crippen molar-refractivity contribution in [3.8, 4) is 22.6 Å². The number of benzene rings is 3. The molecular formula is C32H35N3O4. The van der Waals surface area contributed by atoms with Crippen LogP contribution >= 0.6 is 0 Å². The van der Waals surface area contributed by atoms with E-state index in [4.69, 9.17) is 15.2 Å². The summed E-state index contributed by atoms with van der Waals surface area (Å²) in [5.41, 5.74) is 9.28. The summed E-state index contributed by atoms with van der Waals surface area (Å²) < 4.78 is 10.9. The van der Waals surface area contributed by atoms with E-state index in [2.05, 4.69) is 23.2 Å². The van der Waals surface area contributed by atoms with Gasteiger partial charge >= 0.3 is 0 Å². The molecule has 0 radical (unpaired) electrons. The minimum atomic E-state index is -0.544. The van der Waals surface area contributed by atoms with Gasteiger partial charge in [-0.25, -0.2) is 4.98 Å². The summed E-state index contributed by atoms with van der Waals surface area (Å²) in [5, 5.41) is 1.66. The molecule has 39 heavy (non-hydrogen) atoms. The Kier molecular flexibility index (Phi) is 8.19. The molecule has 0 atom stereocenters. The number of pyridine rings is 1. The van der Waals surface area contributed by atoms with Crippen molar-refractivity contribution in [3.05, 3.63) is 84.1 Å². The lowest BCUT2D eigenvalue weighted by atomic mass is 9.91. The number of nitrogens with two attached hydrogens (primary N) is 1. The van der Waals surface area contributed by atoms with Crippen molar-refractivity contribution < 1.29 is 19.1 Å². The third-order valence-corrected chi connectivity index (χ3v) is 6.36. The third-order valence-electron chi connectivity index (χ3n) is 6.36. The Morgan fingerprint density at radius 3 is 2.31 bits per heavy atom. The molecule has 0 bridgehead atoms. The van der Waals surface area contributed by atoms with Gasteiger partial charge in [0.15, 0.2) is 6.61 Å². The van der Waals surface area contributed by atoms with Gasteiger partial charge in [-0.1, -0.05) is 51.1 Å². The van der Waals surface area contributed by atoms with Crippen molar-refractivity contribution in [2.75, 3.05) is 18.6 Å². The fraction of sp³-hybridized carbons (Fsp3) is 0.281. The topological polar surface area (TPSA) is 94.8 Å². The van der Waals surface area contributed by atoms with Gasteiger partial charge < -0.3 is 15.2 Å². The quantitative estimate of drug-likeness (QED) is 0.287. The number of carbonyl (C=O) groups is 2.